The van der Waals surface area contributed by atoms with E-state index >= 15 is 0 Å². The molecule has 4 atom stereocenters. The van der Waals surface area contributed by atoms with Crippen LogP contribution in [0.5, 0.6) is 11.5 Å². The molecule has 6 heteroatoms. The molecule has 168 valence electrons. The molecule has 0 radical (unpaired) electrons. The highest BCUT2D eigenvalue weighted by Crippen LogP contribution is 2.80. The third-order valence-corrected chi connectivity index (χ3v) is 7.79. The van der Waals surface area contributed by atoms with Crippen molar-refractivity contribution in [3.8, 4) is 11.5 Å². The number of fused-ring (bicyclic) bond motifs is 1. The zero-order valence-electron chi connectivity index (χ0n) is 18.5. The molecule has 3 fully saturated rings. The summed E-state index contributed by atoms with van der Waals surface area (Å²) in [5.74, 6) is 1.24. The van der Waals surface area contributed by atoms with Crippen molar-refractivity contribution in [1.29, 1.82) is 0 Å². The van der Waals surface area contributed by atoms with Crippen LogP contribution >= 0.6 is 0 Å². The van der Waals surface area contributed by atoms with Gasteiger partial charge in [0.05, 0.1) is 18.4 Å². The number of aromatic hydroxyl groups is 1. The van der Waals surface area contributed by atoms with Gasteiger partial charge in [0.15, 0.2) is 6.61 Å². The van der Waals surface area contributed by atoms with Gasteiger partial charge in [0.2, 0.25) is 0 Å². The molecule has 1 spiro atoms. The number of anilines is 1. The Hall–Kier alpha value is -3.02. The second-order valence-corrected chi connectivity index (χ2v) is 9.94. The van der Waals surface area contributed by atoms with Crippen LogP contribution in [0.1, 0.15) is 54.9 Å². The molecule has 0 aliphatic heterocycles. The number of amides is 1. The smallest absolute Gasteiger partial charge is 0.337 e. The Balaban J connectivity index is 1.20. The van der Waals surface area contributed by atoms with Crippen LogP contribution in [0.3, 0.4) is 0 Å². The summed E-state index contributed by atoms with van der Waals surface area (Å²) in [4.78, 5) is 24.0. The third kappa shape index (κ3) is 3.42. The van der Waals surface area contributed by atoms with Crippen LogP contribution in [0.15, 0.2) is 42.5 Å². The summed E-state index contributed by atoms with van der Waals surface area (Å²) < 4.78 is 10.3. The van der Waals surface area contributed by atoms with Crippen molar-refractivity contribution in [2.75, 3.05) is 19.0 Å². The van der Waals surface area contributed by atoms with E-state index in [2.05, 4.69) is 29.1 Å². The molecule has 6 nitrogen and oxygen atoms in total. The summed E-state index contributed by atoms with van der Waals surface area (Å²) >= 11 is 0. The van der Waals surface area contributed by atoms with Gasteiger partial charge in [0, 0.05) is 5.41 Å². The number of ether oxygens (including phenoxy) is 2. The second kappa shape index (κ2) is 7.54. The maximum atomic E-state index is 12.3. The lowest BCUT2D eigenvalue weighted by Crippen LogP contribution is -2.20. The monoisotopic (exact) mass is 435 g/mol. The van der Waals surface area contributed by atoms with E-state index in [9.17, 15) is 14.7 Å². The number of phenolic OH excluding ortho intramolecular Hbond substituents is 1. The molecule has 32 heavy (non-hydrogen) atoms. The zero-order valence-corrected chi connectivity index (χ0v) is 18.5. The summed E-state index contributed by atoms with van der Waals surface area (Å²) in [6.45, 7) is 2.20. The van der Waals surface area contributed by atoms with Crippen molar-refractivity contribution >= 4 is 17.6 Å². The van der Waals surface area contributed by atoms with Crippen LogP contribution in [-0.2, 0) is 14.9 Å². The second-order valence-electron chi connectivity index (χ2n) is 9.94. The van der Waals surface area contributed by atoms with Gasteiger partial charge in [-0.3, -0.25) is 4.79 Å². The van der Waals surface area contributed by atoms with Crippen LogP contribution < -0.4 is 10.1 Å². The number of carbonyl (C=O) groups is 2. The molecule has 2 bridgehead atoms. The largest absolute Gasteiger partial charge is 0.506 e. The standard InChI is InChI=1S/C26H29NO5/c1-16-9-17-12-25(11-16)15-26(25,13-17)19-4-6-20(7-5-19)32-14-23(29)27-21-10-18(24(30)31-2)3-8-22(21)28/h3-8,10,16-17,28H,9,11-15H2,1-2H3,(H,27,29). The molecule has 0 heterocycles. The number of esters is 1. The predicted molar refractivity (Wildman–Crippen MR) is 120 cm³/mol. The quantitative estimate of drug-likeness (QED) is 0.509. The fourth-order valence-corrected chi connectivity index (χ4v) is 6.66. The van der Waals surface area contributed by atoms with Crippen molar-refractivity contribution in [3.63, 3.8) is 0 Å². The molecule has 1 amide bonds. The Kier molecular flexibility index (Phi) is 4.91. The van der Waals surface area contributed by atoms with E-state index in [1.165, 1.54) is 63.0 Å². The van der Waals surface area contributed by atoms with Crippen LogP contribution in [0.25, 0.3) is 0 Å². The number of nitrogens with one attached hydrogen (secondary N) is 1. The molecule has 2 N–H and O–H groups in total. The Morgan fingerprint density at radius 2 is 1.91 bits per heavy atom. The van der Waals surface area contributed by atoms with E-state index < -0.39 is 11.9 Å². The molecular formula is C26H29NO5. The number of hydrogen-bond donors (Lipinski definition) is 2. The first-order valence-electron chi connectivity index (χ1n) is 11.3. The fraction of sp³-hybridized carbons (Fsp3) is 0.462. The van der Waals surface area contributed by atoms with Crippen LogP contribution in [0.4, 0.5) is 5.69 Å². The molecule has 0 saturated heterocycles. The van der Waals surface area contributed by atoms with Gasteiger partial charge in [-0.2, -0.15) is 0 Å². The number of rotatable bonds is 6. The maximum Gasteiger partial charge on any atom is 0.337 e. The highest BCUT2D eigenvalue weighted by molar-refractivity contribution is 5.96. The van der Waals surface area contributed by atoms with E-state index in [0.29, 0.717) is 16.6 Å². The van der Waals surface area contributed by atoms with Gasteiger partial charge in [-0.1, -0.05) is 19.1 Å². The summed E-state index contributed by atoms with van der Waals surface area (Å²) in [5, 5.41) is 12.5. The van der Waals surface area contributed by atoms with Crippen molar-refractivity contribution in [3.05, 3.63) is 53.6 Å². The Morgan fingerprint density at radius 1 is 1.12 bits per heavy atom. The minimum absolute atomic E-state index is 0.135. The SMILES string of the molecule is COC(=O)c1ccc(O)c(NC(=O)COc2ccc(C34CC5CC(C)CC3(C5)C4)cc2)c1. The van der Waals surface area contributed by atoms with E-state index in [-0.39, 0.29) is 23.6 Å². The molecular weight excluding hydrogens is 406 g/mol. The van der Waals surface area contributed by atoms with E-state index in [1.807, 2.05) is 12.1 Å². The highest BCUT2D eigenvalue weighted by atomic mass is 16.5. The van der Waals surface area contributed by atoms with Gasteiger partial charge >= 0.3 is 5.97 Å². The zero-order chi connectivity index (χ0) is 22.5. The molecule has 4 unspecified atom stereocenters. The average molecular weight is 436 g/mol. The molecule has 5 rings (SSSR count). The summed E-state index contributed by atoms with van der Waals surface area (Å²) in [6, 6.07) is 12.4. The molecule has 3 aliphatic carbocycles. The van der Waals surface area contributed by atoms with Crippen LogP contribution in [0.2, 0.25) is 0 Å². The first-order chi connectivity index (χ1) is 15.3. The molecule has 3 aliphatic rings. The number of hydrogen-bond acceptors (Lipinski definition) is 5. The molecule has 3 saturated carbocycles. The van der Waals surface area contributed by atoms with Crippen molar-refractivity contribution < 1.29 is 24.2 Å². The lowest BCUT2D eigenvalue weighted by atomic mass is 9.77. The maximum absolute atomic E-state index is 12.3. The summed E-state index contributed by atoms with van der Waals surface area (Å²) in [5.41, 5.74) is 2.67. The van der Waals surface area contributed by atoms with E-state index in [4.69, 9.17) is 4.74 Å². The predicted octanol–water partition coefficient (Wildman–Crippen LogP) is 4.66. The molecule has 2 aromatic carbocycles. The minimum atomic E-state index is -0.547. The Labute approximate surface area is 187 Å². The van der Waals surface area contributed by atoms with Gasteiger partial charge in [0.1, 0.15) is 11.5 Å². The lowest BCUT2D eigenvalue weighted by molar-refractivity contribution is -0.118. The van der Waals surface area contributed by atoms with Crippen molar-refractivity contribution in [1.82, 2.24) is 0 Å². The first kappa shape index (κ1) is 20.9. The topological polar surface area (TPSA) is 84.9 Å². The van der Waals surface area contributed by atoms with Gasteiger partial charge < -0.3 is 19.9 Å². The Bertz CT molecular complexity index is 1060. The number of benzene rings is 2. The van der Waals surface area contributed by atoms with E-state index in [1.54, 1.807) is 0 Å². The minimum Gasteiger partial charge on any atom is -0.506 e. The van der Waals surface area contributed by atoms with Gasteiger partial charge in [-0.25, -0.2) is 4.79 Å². The highest BCUT2D eigenvalue weighted by Gasteiger charge is 2.73. The normalized spacial score (nSPS) is 29.7. The van der Waals surface area contributed by atoms with Crippen LogP contribution in [-0.4, -0.2) is 30.7 Å². The lowest BCUT2D eigenvalue weighted by Gasteiger charge is -2.28. The van der Waals surface area contributed by atoms with Gasteiger partial charge in [-0.15, -0.1) is 0 Å². The van der Waals surface area contributed by atoms with E-state index in [0.717, 1.165) is 11.8 Å². The van der Waals surface area contributed by atoms with Crippen molar-refractivity contribution in [2.24, 2.45) is 17.3 Å². The molecule has 2 aromatic rings. The number of carbonyl (C=O) groups excluding carboxylic acids is 2. The van der Waals surface area contributed by atoms with Gasteiger partial charge in [0.25, 0.3) is 5.91 Å². The average Bonchev–Trinajstić information content (AvgIpc) is 3.29. The first-order valence-corrected chi connectivity index (χ1v) is 11.3. The summed E-state index contributed by atoms with van der Waals surface area (Å²) in [6.07, 6.45) is 6.75. The third-order valence-electron chi connectivity index (χ3n) is 7.79. The van der Waals surface area contributed by atoms with Crippen LogP contribution in [0, 0.1) is 17.3 Å². The Morgan fingerprint density at radius 3 is 2.66 bits per heavy atom. The van der Waals surface area contributed by atoms with Crippen molar-refractivity contribution in [2.45, 2.75) is 44.4 Å². The molecule has 0 aromatic heterocycles. The number of methoxy groups -OCH3 is 1. The fourth-order valence-electron chi connectivity index (χ4n) is 6.66. The number of phenols is 1. The summed E-state index contributed by atoms with van der Waals surface area (Å²) in [7, 11) is 1.27. The van der Waals surface area contributed by atoms with Gasteiger partial charge in [-0.05, 0) is 85.3 Å².